The van der Waals surface area contributed by atoms with E-state index in [1.54, 1.807) is 0 Å². The highest BCUT2D eigenvalue weighted by Crippen LogP contribution is 2.12. The van der Waals surface area contributed by atoms with Crippen molar-refractivity contribution in [1.82, 2.24) is 5.32 Å². The van der Waals surface area contributed by atoms with Crippen LogP contribution in [0.25, 0.3) is 0 Å². The van der Waals surface area contributed by atoms with Crippen molar-refractivity contribution in [3.63, 3.8) is 0 Å². The Labute approximate surface area is 86.5 Å². The molecule has 0 bridgehead atoms. The molecule has 2 nitrogen and oxygen atoms in total. The molecular weight excluding hydrogens is 182 g/mol. The molecule has 0 amide bonds. The SMILES string of the molecule is CC(CCO)SCCNC(C)(C)C. The maximum Gasteiger partial charge on any atom is 0.0441 e. The zero-order valence-electron chi connectivity index (χ0n) is 9.26. The smallest absolute Gasteiger partial charge is 0.0441 e. The lowest BCUT2D eigenvalue weighted by Crippen LogP contribution is -2.37. The van der Waals surface area contributed by atoms with Crippen molar-refractivity contribution in [2.24, 2.45) is 0 Å². The van der Waals surface area contributed by atoms with Crippen LogP contribution in [0.4, 0.5) is 0 Å². The van der Waals surface area contributed by atoms with Gasteiger partial charge < -0.3 is 10.4 Å². The van der Waals surface area contributed by atoms with Gasteiger partial charge >= 0.3 is 0 Å². The average Bonchev–Trinajstić information content (AvgIpc) is 1.97. The summed E-state index contributed by atoms with van der Waals surface area (Å²) in [4.78, 5) is 0. The second-order valence-corrected chi connectivity index (χ2v) is 5.92. The van der Waals surface area contributed by atoms with E-state index in [9.17, 15) is 0 Å². The first-order valence-corrected chi connectivity index (χ1v) is 5.98. The molecule has 0 heterocycles. The summed E-state index contributed by atoms with van der Waals surface area (Å²) in [5.41, 5.74) is 0.223. The van der Waals surface area contributed by atoms with E-state index in [4.69, 9.17) is 5.11 Å². The molecule has 0 saturated carbocycles. The number of aliphatic hydroxyl groups is 1. The van der Waals surface area contributed by atoms with E-state index < -0.39 is 0 Å². The minimum atomic E-state index is 0.223. The molecular formula is C10H23NOS. The van der Waals surface area contributed by atoms with Crippen molar-refractivity contribution in [3.8, 4) is 0 Å². The molecule has 3 heteroatoms. The molecule has 0 aliphatic carbocycles. The molecule has 1 atom stereocenters. The minimum absolute atomic E-state index is 0.223. The Hall–Kier alpha value is 0.270. The molecule has 13 heavy (non-hydrogen) atoms. The summed E-state index contributed by atoms with van der Waals surface area (Å²) >= 11 is 1.92. The van der Waals surface area contributed by atoms with Crippen LogP contribution in [0, 0.1) is 0 Å². The molecule has 0 fully saturated rings. The second-order valence-electron chi connectivity index (χ2n) is 4.37. The molecule has 0 aromatic heterocycles. The zero-order valence-corrected chi connectivity index (χ0v) is 10.1. The highest BCUT2D eigenvalue weighted by atomic mass is 32.2. The van der Waals surface area contributed by atoms with Crippen molar-refractivity contribution < 1.29 is 5.11 Å². The van der Waals surface area contributed by atoms with Crippen molar-refractivity contribution in [2.45, 2.75) is 44.9 Å². The lowest BCUT2D eigenvalue weighted by Gasteiger charge is -2.20. The number of hydrogen-bond donors (Lipinski definition) is 2. The Morgan fingerprint density at radius 2 is 2.00 bits per heavy atom. The van der Waals surface area contributed by atoms with E-state index in [-0.39, 0.29) is 5.54 Å². The maximum atomic E-state index is 8.69. The summed E-state index contributed by atoms with van der Waals surface area (Å²) in [5, 5.41) is 12.7. The van der Waals surface area contributed by atoms with Gasteiger partial charge in [-0.25, -0.2) is 0 Å². The Morgan fingerprint density at radius 1 is 1.38 bits per heavy atom. The van der Waals surface area contributed by atoms with Crippen molar-refractivity contribution in [2.75, 3.05) is 18.9 Å². The molecule has 0 aromatic rings. The molecule has 0 saturated heterocycles. The fourth-order valence-electron chi connectivity index (χ4n) is 0.951. The van der Waals surface area contributed by atoms with Crippen LogP contribution in [0.2, 0.25) is 0 Å². The van der Waals surface area contributed by atoms with Crippen molar-refractivity contribution in [1.29, 1.82) is 0 Å². The molecule has 0 aliphatic rings. The van der Waals surface area contributed by atoms with Gasteiger partial charge in [0.25, 0.3) is 0 Å². The van der Waals surface area contributed by atoms with Gasteiger partial charge in [-0.2, -0.15) is 11.8 Å². The van der Waals surface area contributed by atoms with E-state index in [0.29, 0.717) is 11.9 Å². The number of rotatable bonds is 6. The van der Waals surface area contributed by atoms with Gasteiger partial charge in [-0.15, -0.1) is 0 Å². The summed E-state index contributed by atoms with van der Waals surface area (Å²) in [6.07, 6.45) is 0.903. The summed E-state index contributed by atoms with van der Waals surface area (Å²) in [6.45, 7) is 10.0. The molecule has 0 spiro atoms. The molecule has 0 radical (unpaired) electrons. The van der Waals surface area contributed by atoms with Gasteiger partial charge in [-0.1, -0.05) is 6.92 Å². The van der Waals surface area contributed by atoms with Crippen LogP contribution < -0.4 is 5.32 Å². The third-order valence-electron chi connectivity index (χ3n) is 1.70. The van der Waals surface area contributed by atoms with Crippen molar-refractivity contribution in [3.05, 3.63) is 0 Å². The van der Waals surface area contributed by atoms with Crippen LogP contribution in [0.5, 0.6) is 0 Å². The zero-order chi connectivity index (χ0) is 10.3. The predicted molar refractivity (Wildman–Crippen MR) is 61.4 cm³/mol. The van der Waals surface area contributed by atoms with Crippen LogP contribution in [0.3, 0.4) is 0 Å². The largest absolute Gasteiger partial charge is 0.396 e. The Balaban J connectivity index is 3.25. The maximum absolute atomic E-state index is 8.69. The molecule has 0 rings (SSSR count). The topological polar surface area (TPSA) is 32.3 Å². The standard InChI is InChI=1S/C10H23NOS/c1-9(5-7-12)13-8-6-11-10(2,3)4/h9,11-12H,5-8H2,1-4H3. The number of thioether (sulfide) groups is 1. The summed E-state index contributed by atoms with van der Waals surface area (Å²) in [5.74, 6) is 1.12. The third-order valence-corrected chi connectivity index (χ3v) is 2.94. The fraction of sp³-hybridized carbons (Fsp3) is 1.00. The highest BCUT2D eigenvalue weighted by molar-refractivity contribution is 7.99. The number of nitrogens with one attached hydrogen (secondary N) is 1. The lowest BCUT2D eigenvalue weighted by atomic mass is 10.1. The van der Waals surface area contributed by atoms with Gasteiger partial charge in [-0.3, -0.25) is 0 Å². The van der Waals surface area contributed by atoms with Crippen LogP contribution in [0.15, 0.2) is 0 Å². The van der Waals surface area contributed by atoms with Gasteiger partial charge in [0.15, 0.2) is 0 Å². The molecule has 80 valence electrons. The van der Waals surface area contributed by atoms with Crippen LogP contribution in [-0.2, 0) is 0 Å². The van der Waals surface area contributed by atoms with Gasteiger partial charge in [0, 0.05) is 29.7 Å². The van der Waals surface area contributed by atoms with E-state index in [0.717, 1.165) is 18.7 Å². The molecule has 0 aliphatic heterocycles. The van der Waals surface area contributed by atoms with Crippen LogP contribution >= 0.6 is 11.8 Å². The van der Waals surface area contributed by atoms with Gasteiger partial charge in [0.05, 0.1) is 0 Å². The summed E-state index contributed by atoms with van der Waals surface area (Å²) < 4.78 is 0. The first kappa shape index (κ1) is 13.3. The quantitative estimate of drug-likeness (QED) is 0.649. The van der Waals surface area contributed by atoms with E-state index in [1.165, 1.54) is 0 Å². The lowest BCUT2D eigenvalue weighted by molar-refractivity contribution is 0.289. The average molecular weight is 205 g/mol. The Morgan fingerprint density at radius 3 is 2.46 bits per heavy atom. The highest BCUT2D eigenvalue weighted by Gasteiger charge is 2.08. The van der Waals surface area contributed by atoms with Gasteiger partial charge in [0.1, 0.15) is 0 Å². The van der Waals surface area contributed by atoms with Crippen LogP contribution in [-0.4, -0.2) is 34.8 Å². The normalized spacial score (nSPS) is 14.5. The Kier molecular flexibility index (Phi) is 6.82. The predicted octanol–water partition coefficient (Wildman–Crippen LogP) is 1.88. The number of hydrogen-bond acceptors (Lipinski definition) is 3. The summed E-state index contributed by atoms with van der Waals surface area (Å²) in [6, 6.07) is 0. The summed E-state index contributed by atoms with van der Waals surface area (Å²) in [7, 11) is 0. The Bertz CT molecular complexity index is 123. The third kappa shape index (κ3) is 10.2. The van der Waals surface area contributed by atoms with E-state index in [1.807, 2.05) is 11.8 Å². The fourth-order valence-corrected chi connectivity index (χ4v) is 1.85. The van der Waals surface area contributed by atoms with Gasteiger partial charge in [-0.05, 0) is 27.2 Å². The second kappa shape index (κ2) is 6.68. The monoisotopic (exact) mass is 205 g/mol. The van der Waals surface area contributed by atoms with Crippen molar-refractivity contribution >= 4 is 11.8 Å². The minimum Gasteiger partial charge on any atom is -0.396 e. The first-order chi connectivity index (χ1) is 5.95. The van der Waals surface area contributed by atoms with E-state index in [2.05, 4.69) is 33.0 Å². The first-order valence-electron chi connectivity index (χ1n) is 4.93. The molecule has 0 aromatic carbocycles. The van der Waals surface area contributed by atoms with E-state index >= 15 is 0 Å². The van der Waals surface area contributed by atoms with Crippen LogP contribution in [0.1, 0.15) is 34.1 Å². The van der Waals surface area contributed by atoms with Gasteiger partial charge in [0.2, 0.25) is 0 Å². The molecule has 1 unspecified atom stereocenters. The molecule has 2 N–H and O–H groups in total. The number of aliphatic hydroxyl groups excluding tert-OH is 1.